The van der Waals surface area contributed by atoms with Crippen molar-refractivity contribution in [1.82, 2.24) is 9.97 Å². The number of aryl methyl sites for hydroxylation is 4. The topological polar surface area (TPSA) is 25.8 Å². The number of aromatic nitrogens is 2. The van der Waals surface area contributed by atoms with Gasteiger partial charge in [-0.3, -0.25) is 0 Å². The summed E-state index contributed by atoms with van der Waals surface area (Å²) in [6.07, 6.45) is 0. The summed E-state index contributed by atoms with van der Waals surface area (Å²) >= 11 is 0. The zero-order valence-electron chi connectivity index (χ0n) is 12.5. The van der Waals surface area contributed by atoms with Crippen molar-refractivity contribution in [3.8, 4) is 0 Å². The molecule has 0 radical (unpaired) electrons. The first-order chi connectivity index (χ1) is 8.58. The van der Waals surface area contributed by atoms with Crippen LogP contribution in [0.4, 0.5) is 0 Å². The lowest BCUT2D eigenvalue weighted by Crippen LogP contribution is -1.94. The maximum absolute atomic E-state index is 4.43. The Morgan fingerprint density at radius 3 is 1.89 bits per heavy atom. The van der Waals surface area contributed by atoms with Gasteiger partial charge < -0.3 is 0 Å². The quantitative estimate of drug-likeness (QED) is 0.628. The molecule has 0 saturated carbocycles. The first-order valence-corrected chi connectivity index (χ1v) is 6.30. The van der Waals surface area contributed by atoms with Gasteiger partial charge in [0.25, 0.3) is 0 Å². The highest BCUT2D eigenvalue weighted by atomic mass is 14.9. The normalized spacial score (nSPS) is 9.00. The second-order valence-corrected chi connectivity index (χ2v) is 3.81. The van der Waals surface area contributed by atoms with E-state index < -0.39 is 0 Å². The van der Waals surface area contributed by atoms with E-state index in [1.165, 1.54) is 16.5 Å². The molecule has 0 spiro atoms. The van der Waals surface area contributed by atoms with Gasteiger partial charge >= 0.3 is 0 Å². The highest BCUT2D eigenvalue weighted by molar-refractivity contribution is 5.82. The Labute approximate surface area is 111 Å². The highest BCUT2D eigenvalue weighted by Crippen LogP contribution is 2.19. The summed E-state index contributed by atoms with van der Waals surface area (Å²) in [6, 6.07) is 4.30. The van der Waals surface area contributed by atoms with Gasteiger partial charge in [-0.15, -0.1) is 13.2 Å². The zero-order chi connectivity index (χ0) is 14.3. The summed E-state index contributed by atoms with van der Waals surface area (Å²) in [5.41, 5.74) is 4.71. The largest absolute Gasteiger partial charge is 0.238 e. The minimum Gasteiger partial charge on any atom is -0.238 e. The van der Waals surface area contributed by atoms with E-state index >= 15 is 0 Å². The Kier molecular flexibility index (Phi) is 6.88. The zero-order valence-corrected chi connectivity index (χ0v) is 12.5. The third kappa shape index (κ3) is 3.66. The van der Waals surface area contributed by atoms with E-state index in [1.54, 1.807) is 0 Å². The van der Waals surface area contributed by atoms with E-state index in [1.807, 2.05) is 27.7 Å². The van der Waals surface area contributed by atoms with Gasteiger partial charge in [0, 0.05) is 11.1 Å². The van der Waals surface area contributed by atoms with Crippen LogP contribution in [0, 0.1) is 27.7 Å². The maximum atomic E-state index is 4.43. The van der Waals surface area contributed by atoms with Crippen LogP contribution in [0.1, 0.15) is 36.5 Å². The Morgan fingerprint density at radius 1 is 0.833 bits per heavy atom. The third-order valence-electron chi connectivity index (χ3n) is 2.61. The molecule has 2 rings (SSSR count). The number of hydrogen-bond donors (Lipinski definition) is 0. The second-order valence-electron chi connectivity index (χ2n) is 3.81. The van der Waals surface area contributed by atoms with Crippen LogP contribution in [0.5, 0.6) is 0 Å². The van der Waals surface area contributed by atoms with Gasteiger partial charge in [0.15, 0.2) is 0 Å². The number of fused-ring (bicyclic) bond motifs is 1. The summed E-state index contributed by atoms with van der Waals surface area (Å²) < 4.78 is 0. The molecule has 0 aliphatic rings. The molecule has 0 fully saturated rings. The molecule has 0 bridgehead atoms. The maximum Gasteiger partial charge on any atom is 0.126 e. The van der Waals surface area contributed by atoms with E-state index in [0.29, 0.717) is 0 Å². The first kappa shape index (κ1) is 16.3. The van der Waals surface area contributed by atoms with E-state index in [4.69, 9.17) is 0 Å². The van der Waals surface area contributed by atoms with E-state index in [2.05, 4.69) is 49.1 Å². The third-order valence-corrected chi connectivity index (χ3v) is 2.61. The summed E-state index contributed by atoms with van der Waals surface area (Å²) in [6.45, 7) is 18.2. The van der Waals surface area contributed by atoms with Crippen molar-refractivity contribution >= 4 is 10.9 Å². The van der Waals surface area contributed by atoms with Crippen LogP contribution in [0.15, 0.2) is 25.3 Å². The molecular weight excluding hydrogens is 220 g/mol. The number of rotatable bonds is 0. The lowest BCUT2D eigenvalue weighted by atomic mass is 10.1. The number of nitrogens with zero attached hydrogens (tertiary/aromatic N) is 2. The SMILES string of the molecule is C=C.CC.Cc1nc(C)c2cc(C)c(C)cc2n1. The van der Waals surface area contributed by atoms with Crippen LogP contribution < -0.4 is 0 Å². The molecule has 18 heavy (non-hydrogen) atoms. The Balaban J connectivity index is 0.000000659. The van der Waals surface area contributed by atoms with Gasteiger partial charge in [-0.25, -0.2) is 9.97 Å². The minimum atomic E-state index is 0.846. The average Bonchev–Trinajstić information content (AvgIpc) is 2.37. The van der Waals surface area contributed by atoms with Crippen LogP contribution in [-0.2, 0) is 0 Å². The van der Waals surface area contributed by atoms with Gasteiger partial charge in [-0.1, -0.05) is 13.8 Å². The fraction of sp³-hybridized carbons (Fsp3) is 0.375. The molecule has 0 saturated heterocycles. The van der Waals surface area contributed by atoms with Gasteiger partial charge in [0.2, 0.25) is 0 Å². The molecular formula is C16H24N2. The van der Waals surface area contributed by atoms with Crippen molar-refractivity contribution in [2.45, 2.75) is 41.5 Å². The Hall–Kier alpha value is -1.70. The van der Waals surface area contributed by atoms with Gasteiger partial charge in [-0.2, -0.15) is 0 Å². The molecule has 2 aromatic rings. The van der Waals surface area contributed by atoms with Gasteiger partial charge in [0.1, 0.15) is 5.82 Å². The minimum absolute atomic E-state index is 0.846. The predicted octanol–water partition coefficient (Wildman–Crippen LogP) is 4.69. The van der Waals surface area contributed by atoms with Crippen molar-refractivity contribution in [2.75, 3.05) is 0 Å². The molecule has 0 aliphatic heterocycles. The van der Waals surface area contributed by atoms with Crippen molar-refractivity contribution in [2.24, 2.45) is 0 Å². The van der Waals surface area contributed by atoms with Gasteiger partial charge in [-0.05, 0) is 51.0 Å². The van der Waals surface area contributed by atoms with Crippen molar-refractivity contribution in [3.63, 3.8) is 0 Å². The van der Waals surface area contributed by atoms with Crippen molar-refractivity contribution in [3.05, 3.63) is 47.9 Å². The summed E-state index contributed by atoms with van der Waals surface area (Å²) in [5.74, 6) is 0.846. The van der Waals surface area contributed by atoms with E-state index in [9.17, 15) is 0 Å². The molecule has 0 N–H and O–H groups in total. The smallest absolute Gasteiger partial charge is 0.126 e. The standard InChI is InChI=1S/C12H14N2.C2H6.C2H4/c1-7-5-11-9(3)13-10(4)14-12(11)6-8(7)2;2*1-2/h5-6H,1-4H3;1-2H3;1-2H2. The predicted molar refractivity (Wildman–Crippen MR) is 81.1 cm³/mol. The lowest BCUT2D eigenvalue weighted by molar-refractivity contribution is 1.05. The molecule has 2 heteroatoms. The fourth-order valence-corrected chi connectivity index (χ4v) is 1.69. The van der Waals surface area contributed by atoms with Crippen LogP contribution in [0.2, 0.25) is 0 Å². The molecule has 1 aromatic carbocycles. The van der Waals surface area contributed by atoms with Crippen LogP contribution in [-0.4, -0.2) is 9.97 Å². The van der Waals surface area contributed by atoms with E-state index in [-0.39, 0.29) is 0 Å². The number of benzene rings is 1. The van der Waals surface area contributed by atoms with Crippen molar-refractivity contribution < 1.29 is 0 Å². The molecule has 1 heterocycles. The number of hydrogen-bond acceptors (Lipinski definition) is 2. The summed E-state index contributed by atoms with van der Waals surface area (Å²) in [4.78, 5) is 8.79. The summed E-state index contributed by atoms with van der Waals surface area (Å²) in [7, 11) is 0. The monoisotopic (exact) mass is 244 g/mol. The van der Waals surface area contributed by atoms with Crippen LogP contribution in [0.3, 0.4) is 0 Å². The molecule has 0 atom stereocenters. The van der Waals surface area contributed by atoms with Crippen molar-refractivity contribution in [1.29, 1.82) is 0 Å². The molecule has 0 aliphatic carbocycles. The Bertz CT molecular complexity index is 516. The molecule has 2 nitrogen and oxygen atoms in total. The fourth-order valence-electron chi connectivity index (χ4n) is 1.69. The van der Waals surface area contributed by atoms with Crippen LogP contribution in [0.25, 0.3) is 10.9 Å². The average molecular weight is 244 g/mol. The van der Waals surface area contributed by atoms with Gasteiger partial charge in [0.05, 0.1) is 5.52 Å². The molecule has 0 unspecified atom stereocenters. The Morgan fingerprint density at radius 2 is 1.33 bits per heavy atom. The van der Waals surface area contributed by atoms with Crippen LogP contribution >= 0.6 is 0 Å². The first-order valence-electron chi connectivity index (χ1n) is 6.30. The van der Waals surface area contributed by atoms with E-state index in [0.717, 1.165) is 17.0 Å². The molecule has 1 aromatic heterocycles. The lowest BCUT2D eigenvalue weighted by Gasteiger charge is -2.06. The highest BCUT2D eigenvalue weighted by Gasteiger charge is 2.03. The summed E-state index contributed by atoms with van der Waals surface area (Å²) in [5, 5.41) is 1.17. The molecule has 98 valence electrons. The second kappa shape index (κ2) is 7.59. The molecule has 0 amide bonds.